The highest BCUT2D eigenvalue weighted by molar-refractivity contribution is 7.10. The van der Waals surface area contributed by atoms with Gasteiger partial charge in [-0.2, -0.15) is 0 Å². The first-order chi connectivity index (χ1) is 12.7. The Balaban J connectivity index is 1.65. The normalized spacial score (nSPS) is 10.6. The molecule has 26 heavy (non-hydrogen) atoms. The molecule has 4 nitrogen and oxygen atoms in total. The third kappa shape index (κ3) is 4.91. The maximum atomic E-state index is 12.5. The van der Waals surface area contributed by atoms with Gasteiger partial charge in [0.2, 0.25) is 5.91 Å². The summed E-state index contributed by atoms with van der Waals surface area (Å²) >= 11 is 1.55. The fourth-order valence-electron chi connectivity index (χ4n) is 2.38. The van der Waals surface area contributed by atoms with Crippen molar-refractivity contribution in [1.82, 2.24) is 5.32 Å². The number of thiophene rings is 1. The van der Waals surface area contributed by atoms with Gasteiger partial charge in [0.1, 0.15) is 0 Å². The largest absolute Gasteiger partial charge is 0.348 e. The molecule has 0 radical (unpaired) electrons. The average Bonchev–Trinajstić information content (AvgIpc) is 3.19. The number of rotatable bonds is 6. The Morgan fingerprint density at radius 1 is 0.923 bits per heavy atom. The van der Waals surface area contributed by atoms with Gasteiger partial charge in [-0.25, -0.2) is 0 Å². The van der Waals surface area contributed by atoms with Crippen molar-refractivity contribution in [2.24, 2.45) is 0 Å². The molecular weight excluding hydrogens is 344 g/mol. The summed E-state index contributed by atoms with van der Waals surface area (Å²) in [5, 5.41) is 7.60. The number of carbonyl (C=O) groups is 2. The Morgan fingerprint density at radius 2 is 1.69 bits per heavy atom. The zero-order valence-electron chi connectivity index (χ0n) is 14.0. The molecule has 3 rings (SSSR count). The maximum absolute atomic E-state index is 12.5. The van der Waals surface area contributed by atoms with Crippen molar-refractivity contribution in [2.75, 3.05) is 5.32 Å². The Labute approximate surface area is 156 Å². The number of benzene rings is 2. The highest BCUT2D eigenvalue weighted by Gasteiger charge is 2.12. The number of para-hydroxylation sites is 1. The van der Waals surface area contributed by atoms with Gasteiger partial charge >= 0.3 is 0 Å². The van der Waals surface area contributed by atoms with Gasteiger partial charge in [-0.15, -0.1) is 11.3 Å². The first-order valence-electron chi connectivity index (χ1n) is 8.16. The highest BCUT2D eigenvalue weighted by atomic mass is 32.1. The lowest BCUT2D eigenvalue weighted by atomic mass is 10.1. The van der Waals surface area contributed by atoms with E-state index < -0.39 is 0 Å². The fourth-order valence-corrected chi connectivity index (χ4v) is 3.00. The topological polar surface area (TPSA) is 58.2 Å². The zero-order chi connectivity index (χ0) is 18.2. The quantitative estimate of drug-likeness (QED) is 0.641. The molecule has 5 heteroatoms. The summed E-state index contributed by atoms with van der Waals surface area (Å²) in [6, 6.07) is 20.5. The summed E-state index contributed by atoms with van der Waals surface area (Å²) in [5.74, 6) is -0.506. The molecule has 0 aliphatic heterocycles. The van der Waals surface area contributed by atoms with Crippen LogP contribution in [-0.4, -0.2) is 11.8 Å². The van der Waals surface area contributed by atoms with Crippen LogP contribution in [0.15, 0.2) is 78.2 Å². The molecule has 0 fully saturated rings. The molecule has 2 amide bonds. The Hall–Kier alpha value is -3.18. The van der Waals surface area contributed by atoms with Crippen LogP contribution in [0.1, 0.15) is 20.8 Å². The fraction of sp³-hybridized carbons (Fsp3) is 0.0476. The molecule has 0 aliphatic rings. The monoisotopic (exact) mass is 362 g/mol. The van der Waals surface area contributed by atoms with E-state index in [9.17, 15) is 9.59 Å². The van der Waals surface area contributed by atoms with Crippen LogP contribution < -0.4 is 10.6 Å². The van der Waals surface area contributed by atoms with Crippen LogP contribution in [0, 0.1) is 0 Å². The van der Waals surface area contributed by atoms with Gasteiger partial charge in [0.05, 0.1) is 11.3 Å². The third-order valence-electron chi connectivity index (χ3n) is 3.67. The summed E-state index contributed by atoms with van der Waals surface area (Å²) in [7, 11) is 0. The van der Waals surface area contributed by atoms with E-state index in [0.29, 0.717) is 17.8 Å². The lowest BCUT2D eigenvalue weighted by molar-refractivity contribution is -0.111. The minimum atomic E-state index is -0.276. The second-order valence-corrected chi connectivity index (χ2v) is 6.53. The molecule has 0 saturated carbocycles. The van der Waals surface area contributed by atoms with E-state index in [0.717, 1.165) is 10.4 Å². The Kier molecular flexibility index (Phi) is 5.96. The van der Waals surface area contributed by atoms with Crippen LogP contribution in [0.4, 0.5) is 5.69 Å². The first kappa shape index (κ1) is 17.6. The summed E-state index contributed by atoms with van der Waals surface area (Å²) in [4.78, 5) is 25.6. The Morgan fingerprint density at radius 3 is 2.46 bits per heavy atom. The summed E-state index contributed by atoms with van der Waals surface area (Å²) in [6.45, 7) is 0.431. The minimum absolute atomic E-state index is 0.230. The number of hydrogen-bond donors (Lipinski definition) is 2. The first-order valence-corrected chi connectivity index (χ1v) is 9.04. The maximum Gasteiger partial charge on any atom is 0.253 e. The lowest BCUT2D eigenvalue weighted by Gasteiger charge is -2.10. The molecule has 0 saturated heterocycles. The summed E-state index contributed by atoms with van der Waals surface area (Å²) in [5.41, 5.74) is 1.93. The van der Waals surface area contributed by atoms with E-state index in [1.54, 1.807) is 41.7 Å². The van der Waals surface area contributed by atoms with Crippen molar-refractivity contribution in [3.05, 3.63) is 94.2 Å². The van der Waals surface area contributed by atoms with E-state index in [2.05, 4.69) is 10.6 Å². The highest BCUT2D eigenvalue weighted by Crippen LogP contribution is 2.16. The standard InChI is InChI=1S/C21H18N2O2S/c24-20(13-12-17-9-6-14-26-17)23-19-11-5-4-10-18(19)21(25)22-15-16-7-2-1-3-8-16/h1-14H,15H2,(H,22,25)(H,23,24). The van der Waals surface area contributed by atoms with Crippen LogP contribution in [0.3, 0.4) is 0 Å². The van der Waals surface area contributed by atoms with Crippen LogP contribution in [0.25, 0.3) is 6.08 Å². The van der Waals surface area contributed by atoms with Crippen molar-refractivity contribution in [3.8, 4) is 0 Å². The molecule has 0 unspecified atom stereocenters. The second-order valence-electron chi connectivity index (χ2n) is 5.55. The SMILES string of the molecule is O=C(C=Cc1cccs1)Nc1ccccc1C(=O)NCc1ccccc1. The van der Waals surface area contributed by atoms with Gasteiger partial charge in [0.15, 0.2) is 0 Å². The molecule has 0 spiro atoms. The molecule has 2 N–H and O–H groups in total. The molecule has 1 aromatic heterocycles. The van der Waals surface area contributed by atoms with Crippen molar-refractivity contribution in [3.63, 3.8) is 0 Å². The van der Waals surface area contributed by atoms with Crippen LogP contribution in [0.2, 0.25) is 0 Å². The molecule has 2 aromatic carbocycles. The van der Waals surface area contributed by atoms with Crippen LogP contribution >= 0.6 is 11.3 Å². The zero-order valence-corrected chi connectivity index (χ0v) is 14.8. The van der Waals surface area contributed by atoms with Crippen LogP contribution in [-0.2, 0) is 11.3 Å². The number of anilines is 1. The van der Waals surface area contributed by atoms with E-state index in [-0.39, 0.29) is 11.8 Å². The number of carbonyl (C=O) groups excluding carboxylic acids is 2. The minimum Gasteiger partial charge on any atom is -0.348 e. The lowest BCUT2D eigenvalue weighted by Crippen LogP contribution is -2.24. The van der Waals surface area contributed by atoms with Crippen LogP contribution in [0.5, 0.6) is 0 Å². The van der Waals surface area contributed by atoms with Gasteiger partial charge in [-0.1, -0.05) is 48.5 Å². The molecular formula is C21H18N2O2S. The van der Waals surface area contributed by atoms with Gasteiger partial charge < -0.3 is 10.6 Å². The van der Waals surface area contributed by atoms with Crippen molar-refractivity contribution >= 4 is 34.9 Å². The summed E-state index contributed by atoms with van der Waals surface area (Å²) < 4.78 is 0. The third-order valence-corrected chi connectivity index (χ3v) is 4.51. The molecule has 1 heterocycles. The van der Waals surface area contributed by atoms with E-state index >= 15 is 0 Å². The molecule has 0 atom stereocenters. The van der Waals surface area contributed by atoms with Crippen molar-refractivity contribution in [1.29, 1.82) is 0 Å². The predicted octanol–water partition coefficient (Wildman–Crippen LogP) is 4.33. The number of hydrogen-bond acceptors (Lipinski definition) is 3. The molecule has 0 bridgehead atoms. The Bertz CT molecular complexity index is 903. The van der Waals surface area contributed by atoms with Gasteiger partial charge in [0, 0.05) is 17.5 Å². The van der Waals surface area contributed by atoms with Crippen molar-refractivity contribution in [2.45, 2.75) is 6.54 Å². The van der Waals surface area contributed by atoms with Gasteiger partial charge in [-0.05, 0) is 35.2 Å². The average molecular weight is 362 g/mol. The molecule has 3 aromatic rings. The number of amides is 2. The van der Waals surface area contributed by atoms with Gasteiger partial charge in [-0.3, -0.25) is 9.59 Å². The smallest absolute Gasteiger partial charge is 0.253 e. The molecule has 130 valence electrons. The van der Waals surface area contributed by atoms with Crippen molar-refractivity contribution < 1.29 is 9.59 Å². The predicted molar refractivity (Wildman–Crippen MR) is 106 cm³/mol. The molecule has 0 aliphatic carbocycles. The number of nitrogens with one attached hydrogen (secondary N) is 2. The second kappa shape index (κ2) is 8.78. The van der Waals surface area contributed by atoms with E-state index in [4.69, 9.17) is 0 Å². The van der Waals surface area contributed by atoms with Gasteiger partial charge in [0.25, 0.3) is 5.91 Å². The van der Waals surface area contributed by atoms with E-state index in [1.807, 2.05) is 47.8 Å². The summed E-state index contributed by atoms with van der Waals surface area (Å²) in [6.07, 6.45) is 3.21. The van der Waals surface area contributed by atoms with E-state index in [1.165, 1.54) is 6.08 Å².